The molecule has 0 radical (unpaired) electrons. The SMILES string of the molecule is CC1(Cl)[C@@H]2CC3C[C@H]1CC(c1ccc(C#N)cc1)(C3)C2. The van der Waals surface area contributed by atoms with E-state index in [1.54, 1.807) is 0 Å². The molecule has 1 aromatic carbocycles. The van der Waals surface area contributed by atoms with Gasteiger partial charge in [0, 0.05) is 4.87 Å². The van der Waals surface area contributed by atoms with Gasteiger partial charge in [-0.15, -0.1) is 11.6 Å². The molecular weight excluding hydrogens is 266 g/mol. The summed E-state index contributed by atoms with van der Waals surface area (Å²) >= 11 is 6.88. The number of nitriles is 1. The largest absolute Gasteiger partial charge is 0.192 e. The summed E-state index contributed by atoms with van der Waals surface area (Å²) in [6.45, 7) is 2.27. The molecule has 20 heavy (non-hydrogen) atoms. The summed E-state index contributed by atoms with van der Waals surface area (Å²) in [5.41, 5.74) is 2.56. The number of alkyl halides is 1. The van der Waals surface area contributed by atoms with Gasteiger partial charge in [-0.3, -0.25) is 0 Å². The van der Waals surface area contributed by atoms with E-state index < -0.39 is 0 Å². The predicted molar refractivity (Wildman–Crippen MR) is 80.6 cm³/mol. The van der Waals surface area contributed by atoms with Crippen molar-refractivity contribution in [2.24, 2.45) is 17.8 Å². The molecule has 4 aliphatic carbocycles. The highest BCUT2D eigenvalue weighted by Crippen LogP contribution is 2.65. The molecule has 4 saturated carbocycles. The summed E-state index contributed by atoms with van der Waals surface area (Å²) < 4.78 is 0. The summed E-state index contributed by atoms with van der Waals surface area (Å²) in [7, 11) is 0. The Labute approximate surface area is 125 Å². The van der Waals surface area contributed by atoms with Gasteiger partial charge < -0.3 is 0 Å². The second-order valence-corrected chi connectivity index (χ2v) is 8.28. The molecule has 1 aromatic rings. The van der Waals surface area contributed by atoms with E-state index in [0.717, 1.165) is 11.5 Å². The first-order valence-corrected chi connectivity index (χ1v) is 8.11. The van der Waals surface area contributed by atoms with Crippen LogP contribution in [-0.2, 0) is 5.41 Å². The third-order valence-electron chi connectivity index (χ3n) is 6.41. The fourth-order valence-electron chi connectivity index (χ4n) is 5.43. The normalized spacial score (nSPS) is 45.4. The third-order valence-corrected chi connectivity index (χ3v) is 7.03. The van der Waals surface area contributed by atoms with Gasteiger partial charge in [0.15, 0.2) is 0 Å². The van der Waals surface area contributed by atoms with Crippen LogP contribution in [-0.4, -0.2) is 4.87 Å². The van der Waals surface area contributed by atoms with Gasteiger partial charge in [-0.2, -0.15) is 5.26 Å². The zero-order chi connectivity index (χ0) is 14.0. The number of hydrogen-bond acceptors (Lipinski definition) is 1. The average Bonchev–Trinajstić information content (AvgIpc) is 2.44. The molecule has 1 nitrogen and oxygen atoms in total. The molecule has 0 amide bonds. The number of rotatable bonds is 1. The summed E-state index contributed by atoms with van der Waals surface area (Å²) in [4.78, 5) is 0.0208. The minimum atomic E-state index is 0.0208. The Hall–Kier alpha value is -1.00. The van der Waals surface area contributed by atoms with Gasteiger partial charge in [-0.1, -0.05) is 12.1 Å². The maximum atomic E-state index is 8.96. The van der Waals surface area contributed by atoms with Crippen molar-refractivity contribution in [2.45, 2.75) is 49.3 Å². The molecular formula is C18H20ClN. The van der Waals surface area contributed by atoms with Crippen LogP contribution in [0, 0.1) is 29.1 Å². The Kier molecular flexibility index (Phi) is 2.55. The van der Waals surface area contributed by atoms with Crippen molar-refractivity contribution in [2.75, 3.05) is 0 Å². The van der Waals surface area contributed by atoms with Crippen molar-refractivity contribution < 1.29 is 0 Å². The van der Waals surface area contributed by atoms with Crippen molar-refractivity contribution in [3.63, 3.8) is 0 Å². The molecule has 0 saturated heterocycles. The van der Waals surface area contributed by atoms with Crippen LogP contribution in [0.15, 0.2) is 24.3 Å². The van der Waals surface area contributed by atoms with Gasteiger partial charge in [0.05, 0.1) is 11.6 Å². The second-order valence-electron chi connectivity index (χ2n) is 7.46. The Bertz CT molecular complexity index is 562. The summed E-state index contributed by atoms with van der Waals surface area (Å²) in [5, 5.41) is 8.96. The standard InChI is InChI=1S/C18H20ClN/c1-17(19)15-6-13-7-16(17)10-18(8-13,9-15)14-4-2-12(11-20)3-5-14/h2-5,13,15-16H,6-10H2,1H3/t13?,15-,16+,17?,18?. The maximum absolute atomic E-state index is 8.96. The van der Waals surface area contributed by atoms with Crippen LogP contribution in [0.5, 0.6) is 0 Å². The van der Waals surface area contributed by atoms with Crippen molar-refractivity contribution >= 4 is 11.6 Å². The zero-order valence-electron chi connectivity index (χ0n) is 11.9. The van der Waals surface area contributed by atoms with E-state index in [0.29, 0.717) is 17.3 Å². The Morgan fingerprint density at radius 1 is 1.10 bits per heavy atom. The lowest BCUT2D eigenvalue weighted by molar-refractivity contribution is -0.0349. The van der Waals surface area contributed by atoms with E-state index in [1.165, 1.54) is 37.7 Å². The third kappa shape index (κ3) is 1.61. The van der Waals surface area contributed by atoms with Gasteiger partial charge in [0.2, 0.25) is 0 Å². The van der Waals surface area contributed by atoms with E-state index in [1.807, 2.05) is 12.1 Å². The monoisotopic (exact) mass is 285 g/mol. The quantitative estimate of drug-likeness (QED) is 0.690. The number of halogens is 1. The van der Waals surface area contributed by atoms with Gasteiger partial charge in [0.1, 0.15) is 0 Å². The summed E-state index contributed by atoms with van der Waals surface area (Å²) in [5.74, 6) is 2.21. The minimum absolute atomic E-state index is 0.0208. The first-order valence-electron chi connectivity index (χ1n) is 7.73. The molecule has 0 aromatic heterocycles. The topological polar surface area (TPSA) is 23.8 Å². The van der Waals surface area contributed by atoms with Crippen LogP contribution in [0.25, 0.3) is 0 Å². The van der Waals surface area contributed by atoms with E-state index in [2.05, 4.69) is 25.1 Å². The molecule has 3 unspecified atom stereocenters. The van der Waals surface area contributed by atoms with E-state index in [-0.39, 0.29) is 4.87 Å². The number of benzene rings is 1. The van der Waals surface area contributed by atoms with Crippen LogP contribution in [0.1, 0.15) is 50.2 Å². The van der Waals surface area contributed by atoms with Crippen molar-refractivity contribution in [3.05, 3.63) is 35.4 Å². The van der Waals surface area contributed by atoms with Crippen LogP contribution < -0.4 is 0 Å². The van der Waals surface area contributed by atoms with Gasteiger partial charge in [-0.05, 0) is 79.9 Å². The van der Waals surface area contributed by atoms with Gasteiger partial charge >= 0.3 is 0 Å². The van der Waals surface area contributed by atoms with Crippen molar-refractivity contribution in [1.29, 1.82) is 5.26 Å². The molecule has 0 heterocycles. The highest BCUT2D eigenvalue weighted by molar-refractivity contribution is 6.24. The molecule has 2 heteroatoms. The highest BCUT2D eigenvalue weighted by atomic mass is 35.5. The van der Waals surface area contributed by atoms with E-state index in [4.69, 9.17) is 16.9 Å². The van der Waals surface area contributed by atoms with Crippen molar-refractivity contribution in [1.82, 2.24) is 0 Å². The number of nitrogens with zero attached hydrogens (tertiary/aromatic N) is 1. The molecule has 5 rings (SSSR count). The van der Waals surface area contributed by atoms with E-state index in [9.17, 15) is 0 Å². The van der Waals surface area contributed by atoms with Crippen LogP contribution in [0.4, 0.5) is 0 Å². The molecule has 0 spiro atoms. The van der Waals surface area contributed by atoms with Crippen molar-refractivity contribution in [3.8, 4) is 6.07 Å². The highest BCUT2D eigenvalue weighted by Gasteiger charge is 2.60. The molecule has 0 N–H and O–H groups in total. The van der Waals surface area contributed by atoms with Crippen LogP contribution >= 0.6 is 11.6 Å². The number of hydrogen-bond donors (Lipinski definition) is 0. The lowest BCUT2D eigenvalue weighted by Crippen LogP contribution is -2.58. The molecule has 4 bridgehead atoms. The maximum Gasteiger partial charge on any atom is 0.0991 e. The average molecular weight is 286 g/mol. The zero-order valence-corrected chi connectivity index (χ0v) is 12.7. The second kappa shape index (κ2) is 4.01. The van der Waals surface area contributed by atoms with Crippen LogP contribution in [0.2, 0.25) is 0 Å². The van der Waals surface area contributed by atoms with Crippen LogP contribution in [0.3, 0.4) is 0 Å². The first-order chi connectivity index (χ1) is 9.53. The van der Waals surface area contributed by atoms with Gasteiger partial charge in [0.25, 0.3) is 0 Å². The minimum Gasteiger partial charge on any atom is -0.192 e. The first kappa shape index (κ1) is 12.7. The molecule has 5 atom stereocenters. The lowest BCUT2D eigenvalue weighted by atomic mass is 9.45. The predicted octanol–water partition coefficient (Wildman–Crippen LogP) is 4.63. The Morgan fingerprint density at radius 2 is 1.70 bits per heavy atom. The Balaban J connectivity index is 1.73. The van der Waals surface area contributed by atoms with E-state index >= 15 is 0 Å². The molecule has 0 aliphatic heterocycles. The fourth-order valence-corrected chi connectivity index (χ4v) is 5.76. The fraction of sp³-hybridized carbons (Fsp3) is 0.611. The smallest absolute Gasteiger partial charge is 0.0991 e. The Morgan fingerprint density at radius 3 is 2.25 bits per heavy atom. The molecule has 104 valence electrons. The lowest BCUT2D eigenvalue weighted by Gasteiger charge is -2.63. The molecule has 4 fully saturated rings. The molecule has 4 aliphatic rings. The summed E-state index contributed by atoms with van der Waals surface area (Å²) in [6.07, 6.45) is 6.47. The summed E-state index contributed by atoms with van der Waals surface area (Å²) in [6, 6.07) is 10.6. The van der Waals surface area contributed by atoms with Gasteiger partial charge in [-0.25, -0.2) is 0 Å².